The van der Waals surface area contributed by atoms with Crippen LogP contribution in [0.4, 0.5) is 0 Å². The molecule has 2 N–H and O–H groups in total. The van der Waals surface area contributed by atoms with Gasteiger partial charge < -0.3 is 10.4 Å². The van der Waals surface area contributed by atoms with Crippen LogP contribution in [0.3, 0.4) is 0 Å². The molecule has 104 valence electrons. The van der Waals surface area contributed by atoms with E-state index in [-0.39, 0.29) is 5.91 Å². The van der Waals surface area contributed by atoms with Crippen LogP contribution < -0.4 is 5.32 Å². The summed E-state index contributed by atoms with van der Waals surface area (Å²) < 4.78 is 0. The number of carbonyl (C=O) groups is 1. The maximum atomic E-state index is 12.0. The number of aliphatic hydroxyl groups is 1. The van der Waals surface area contributed by atoms with Gasteiger partial charge in [-0.2, -0.15) is 0 Å². The minimum absolute atomic E-state index is 0.204. The molecule has 1 aliphatic rings. The van der Waals surface area contributed by atoms with Crippen LogP contribution in [-0.4, -0.2) is 28.1 Å². The summed E-state index contributed by atoms with van der Waals surface area (Å²) in [5.74, 6) is 0.471. The Morgan fingerprint density at radius 3 is 2.84 bits per heavy atom. The summed E-state index contributed by atoms with van der Waals surface area (Å²) in [5, 5.41) is 13.2. The predicted molar refractivity (Wildman–Crippen MR) is 73.9 cm³/mol. The van der Waals surface area contributed by atoms with E-state index in [2.05, 4.69) is 17.2 Å². The molecule has 1 fully saturated rings. The maximum Gasteiger partial charge on any atom is 0.270 e. The lowest BCUT2D eigenvalue weighted by atomic mass is 9.79. The van der Waals surface area contributed by atoms with Crippen molar-refractivity contribution in [3.05, 3.63) is 29.6 Å². The van der Waals surface area contributed by atoms with E-state index in [4.69, 9.17) is 0 Å². The molecule has 0 saturated heterocycles. The fourth-order valence-electron chi connectivity index (χ4n) is 2.53. The van der Waals surface area contributed by atoms with Gasteiger partial charge >= 0.3 is 0 Å². The number of carbonyl (C=O) groups excluding carboxylic acids is 1. The average molecular weight is 262 g/mol. The van der Waals surface area contributed by atoms with E-state index in [1.54, 1.807) is 6.20 Å². The molecular weight excluding hydrogens is 240 g/mol. The smallest absolute Gasteiger partial charge is 0.270 e. The standard InChI is InChI=1S/C15H22N2O2/c1-11-5-7-15(19,8-6-11)10-17-14(18)13-12(2)4-3-9-16-13/h3-4,9,11,19H,5-8,10H2,1-2H3,(H,17,18). The van der Waals surface area contributed by atoms with Crippen molar-refractivity contribution in [3.63, 3.8) is 0 Å². The van der Waals surface area contributed by atoms with E-state index in [1.807, 2.05) is 19.1 Å². The number of aryl methyl sites for hydroxylation is 1. The fourth-order valence-corrected chi connectivity index (χ4v) is 2.53. The zero-order valence-corrected chi connectivity index (χ0v) is 11.6. The van der Waals surface area contributed by atoms with Crippen molar-refractivity contribution in [2.75, 3.05) is 6.54 Å². The third kappa shape index (κ3) is 3.53. The Labute approximate surface area is 114 Å². The van der Waals surface area contributed by atoms with Crippen molar-refractivity contribution >= 4 is 5.91 Å². The average Bonchev–Trinajstić information content (AvgIpc) is 2.41. The van der Waals surface area contributed by atoms with Gasteiger partial charge in [-0.25, -0.2) is 0 Å². The Morgan fingerprint density at radius 2 is 2.21 bits per heavy atom. The van der Waals surface area contributed by atoms with E-state index in [9.17, 15) is 9.90 Å². The van der Waals surface area contributed by atoms with Gasteiger partial charge in [-0.15, -0.1) is 0 Å². The van der Waals surface area contributed by atoms with Gasteiger partial charge in [0, 0.05) is 12.7 Å². The first-order valence-corrected chi connectivity index (χ1v) is 6.92. The highest BCUT2D eigenvalue weighted by Crippen LogP contribution is 2.31. The van der Waals surface area contributed by atoms with Crippen LogP contribution in [-0.2, 0) is 0 Å². The first-order chi connectivity index (χ1) is 9.00. The summed E-state index contributed by atoms with van der Waals surface area (Å²) >= 11 is 0. The lowest BCUT2D eigenvalue weighted by Crippen LogP contribution is -2.45. The fraction of sp³-hybridized carbons (Fsp3) is 0.600. The Hall–Kier alpha value is -1.42. The predicted octanol–water partition coefficient (Wildman–Crippen LogP) is 2.06. The van der Waals surface area contributed by atoms with Gasteiger partial charge in [-0.1, -0.05) is 13.0 Å². The molecule has 0 atom stereocenters. The molecule has 0 aliphatic heterocycles. The molecule has 1 aromatic heterocycles. The molecule has 1 heterocycles. The summed E-state index contributed by atoms with van der Waals surface area (Å²) in [6, 6.07) is 3.67. The van der Waals surface area contributed by atoms with Gasteiger partial charge in [0.15, 0.2) is 0 Å². The number of nitrogens with one attached hydrogen (secondary N) is 1. The molecule has 19 heavy (non-hydrogen) atoms. The third-order valence-electron chi connectivity index (χ3n) is 4.01. The van der Waals surface area contributed by atoms with Crippen LogP contribution in [0.15, 0.2) is 18.3 Å². The SMILES string of the molecule is Cc1cccnc1C(=O)NCC1(O)CCC(C)CC1. The lowest BCUT2D eigenvalue weighted by molar-refractivity contribution is -0.00544. The molecule has 1 saturated carbocycles. The first-order valence-electron chi connectivity index (χ1n) is 6.92. The number of aromatic nitrogens is 1. The summed E-state index contributed by atoms with van der Waals surface area (Å²) in [6.07, 6.45) is 5.17. The van der Waals surface area contributed by atoms with Gasteiger partial charge in [-0.05, 0) is 50.2 Å². The highest BCUT2D eigenvalue weighted by Gasteiger charge is 2.32. The molecule has 0 spiro atoms. The molecular formula is C15H22N2O2. The van der Waals surface area contributed by atoms with Crippen molar-refractivity contribution in [1.29, 1.82) is 0 Å². The zero-order chi connectivity index (χ0) is 13.9. The number of hydrogen-bond acceptors (Lipinski definition) is 3. The highest BCUT2D eigenvalue weighted by molar-refractivity contribution is 5.93. The van der Waals surface area contributed by atoms with Gasteiger partial charge in [0.05, 0.1) is 5.60 Å². The second kappa shape index (κ2) is 5.70. The third-order valence-corrected chi connectivity index (χ3v) is 4.01. The Kier molecular flexibility index (Phi) is 4.20. The highest BCUT2D eigenvalue weighted by atomic mass is 16.3. The van der Waals surface area contributed by atoms with Gasteiger partial charge in [-0.3, -0.25) is 9.78 Å². The molecule has 0 unspecified atom stereocenters. The zero-order valence-electron chi connectivity index (χ0n) is 11.6. The quantitative estimate of drug-likeness (QED) is 0.876. The van der Waals surface area contributed by atoms with Crippen molar-refractivity contribution in [2.45, 2.75) is 45.1 Å². The molecule has 0 aromatic carbocycles. The lowest BCUT2D eigenvalue weighted by Gasteiger charge is -2.34. The molecule has 1 amide bonds. The maximum absolute atomic E-state index is 12.0. The topological polar surface area (TPSA) is 62.2 Å². The molecule has 2 rings (SSSR count). The van der Waals surface area contributed by atoms with E-state index in [0.29, 0.717) is 18.2 Å². The molecule has 4 heteroatoms. The normalized spacial score (nSPS) is 27.0. The number of pyridine rings is 1. The van der Waals surface area contributed by atoms with Crippen LogP contribution >= 0.6 is 0 Å². The summed E-state index contributed by atoms with van der Waals surface area (Å²) in [7, 11) is 0. The van der Waals surface area contributed by atoms with Gasteiger partial charge in [0.1, 0.15) is 5.69 Å². The van der Waals surface area contributed by atoms with Crippen molar-refractivity contribution < 1.29 is 9.90 Å². The first kappa shape index (κ1) is 14.0. The van der Waals surface area contributed by atoms with Crippen LogP contribution in [0.25, 0.3) is 0 Å². The molecule has 0 radical (unpaired) electrons. The second-order valence-corrected chi connectivity index (χ2v) is 5.76. The Bertz CT molecular complexity index is 451. The minimum atomic E-state index is -0.745. The van der Waals surface area contributed by atoms with E-state index in [0.717, 1.165) is 31.2 Å². The monoisotopic (exact) mass is 262 g/mol. The molecule has 1 aliphatic carbocycles. The van der Waals surface area contributed by atoms with Crippen LogP contribution in [0.5, 0.6) is 0 Å². The summed E-state index contributed by atoms with van der Waals surface area (Å²) in [6.45, 7) is 4.38. The summed E-state index contributed by atoms with van der Waals surface area (Å²) in [5.41, 5.74) is 0.546. The largest absolute Gasteiger partial charge is 0.388 e. The summed E-state index contributed by atoms with van der Waals surface area (Å²) in [4.78, 5) is 16.1. The van der Waals surface area contributed by atoms with E-state index < -0.39 is 5.60 Å². The number of amides is 1. The van der Waals surface area contributed by atoms with Gasteiger partial charge in [0.2, 0.25) is 0 Å². The Morgan fingerprint density at radius 1 is 1.53 bits per heavy atom. The number of rotatable bonds is 3. The van der Waals surface area contributed by atoms with Crippen molar-refractivity contribution in [3.8, 4) is 0 Å². The van der Waals surface area contributed by atoms with Gasteiger partial charge in [0.25, 0.3) is 5.91 Å². The van der Waals surface area contributed by atoms with Crippen LogP contribution in [0.2, 0.25) is 0 Å². The number of nitrogens with zero attached hydrogens (tertiary/aromatic N) is 1. The minimum Gasteiger partial charge on any atom is -0.388 e. The van der Waals surface area contributed by atoms with E-state index >= 15 is 0 Å². The molecule has 1 aromatic rings. The molecule has 4 nitrogen and oxygen atoms in total. The second-order valence-electron chi connectivity index (χ2n) is 5.76. The van der Waals surface area contributed by atoms with Crippen molar-refractivity contribution in [1.82, 2.24) is 10.3 Å². The van der Waals surface area contributed by atoms with Crippen LogP contribution in [0.1, 0.15) is 48.7 Å². The Balaban J connectivity index is 1.92. The van der Waals surface area contributed by atoms with Crippen LogP contribution in [0, 0.1) is 12.8 Å². The van der Waals surface area contributed by atoms with Crippen molar-refractivity contribution in [2.24, 2.45) is 5.92 Å². The number of hydrogen-bond donors (Lipinski definition) is 2. The molecule has 0 bridgehead atoms. The van der Waals surface area contributed by atoms with E-state index in [1.165, 1.54) is 0 Å².